The smallest absolute Gasteiger partial charge is 0.305 e. The van der Waals surface area contributed by atoms with Crippen molar-refractivity contribution in [3.63, 3.8) is 0 Å². The molecule has 1 N–H and O–H groups in total. The quantitative estimate of drug-likeness (QED) is 0.395. The van der Waals surface area contributed by atoms with Crippen molar-refractivity contribution in [1.82, 2.24) is 5.32 Å². The highest BCUT2D eigenvalue weighted by Gasteiger charge is 2.03. The van der Waals surface area contributed by atoms with Gasteiger partial charge in [-0.2, -0.15) is 0 Å². The van der Waals surface area contributed by atoms with Gasteiger partial charge in [0, 0.05) is 25.9 Å². The standard InChI is InChI=1S/C16H31NO4/c1-3-5-7-9-15(18)20-13-11-17-12-14-21-16(19)10-8-6-4-2/h17H,3-14H2,1-2H3. The van der Waals surface area contributed by atoms with Gasteiger partial charge in [-0.3, -0.25) is 9.59 Å². The van der Waals surface area contributed by atoms with Crippen molar-refractivity contribution >= 4 is 11.9 Å². The molecule has 5 nitrogen and oxygen atoms in total. The molecule has 0 fully saturated rings. The summed E-state index contributed by atoms with van der Waals surface area (Å²) >= 11 is 0. The van der Waals surface area contributed by atoms with E-state index in [4.69, 9.17) is 9.47 Å². The van der Waals surface area contributed by atoms with Crippen LogP contribution in [0.15, 0.2) is 0 Å². The van der Waals surface area contributed by atoms with Crippen molar-refractivity contribution in [3.8, 4) is 0 Å². The SMILES string of the molecule is CCCCCC(=O)OCCNCCOC(=O)CCCCC. The number of nitrogens with one attached hydrogen (secondary N) is 1. The summed E-state index contributed by atoms with van der Waals surface area (Å²) in [5.74, 6) is -0.264. The number of carbonyl (C=O) groups excluding carboxylic acids is 2. The first-order valence-electron chi connectivity index (χ1n) is 8.22. The maximum Gasteiger partial charge on any atom is 0.305 e. The highest BCUT2D eigenvalue weighted by molar-refractivity contribution is 5.69. The Kier molecular flexibility index (Phi) is 14.5. The molecule has 21 heavy (non-hydrogen) atoms. The summed E-state index contributed by atoms with van der Waals surface area (Å²) in [5.41, 5.74) is 0. The molecule has 0 saturated carbocycles. The predicted octanol–water partition coefficient (Wildman–Crippen LogP) is 2.82. The lowest BCUT2D eigenvalue weighted by molar-refractivity contribution is -0.143. The van der Waals surface area contributed by atoms with Gasteiger partial charge in [0.15, 0.2) is 0 Å². The number of carbonyl (C=O) groups is 2. The average Bonchev–Trinajstić information content (AvgIpc) is 2.47. The minimum Gasteiger partial charge on any atom is -0.464 e. The Morgan fingerprint density at radius 1 is 0.762 bits per heavy atom. The van der Waals surface area contributed by atoms with Gasteiger partial charge in [0.1, 0.15) is 13.2 Å². The van der Waals surface area contributed by atoms with E-state index in [0.717, 1.165) is 38.5 Å². The molecule has 0 heterocycles. The number of esters is 2. The Morgan fingerprint density at radius 3 is 1.57 bits per heavy atom. The van der Waals surface area contributed by atoms with Crippen LogP contribution in [0.4, 0.5) is 0 Å². The second-order valence-electron chi connectivity index (χ2n) is 5.11. The van der Waals surface area contributed by atoms with E-state index in [1.165, 1.54) is 0 Å². The van der Waals surface area contributed by atoms with Crippen molar-refractivity contribution in [3.05, 3.63) is 0 Å². The maximum atomic E-state index is 11.3. The van der Waals surface area contributed by atoms with Gasteiger partial charge in [-0.15, -0.1) is 0 Å². The summed E-state index contributed by atoms with van der Waals surface area (Å²) < 4.78 is 10.1. The fraction of sp³-hybridized carbons (Fsp3) is 0.875. The Balaban J connectivity index is 3.24. The van der Waals surface area contributed by atoms with Crippen LogP contribution in [0.3, 0.4) is 0 Å². The van der Waals surface area contributed by atoms with E-state index in [2.05, 4.69) is 19.2 Å². The van der Waals surface area contributed by atoms with E-state index in [1.54, 1.807) is 0 Å². The van der Waals surface area contributed by atoms with Crippen LogP contribution >= 0.6 is 0 Å². The lowest BCUT2D eigenvalue weighted by atomic mass is 10.2. The molecule has 0 aliphatic carbocycles. The lowest BCUT2D eigenvalue weighted by Crippen LogP contribution is -2.26. The zero-order valence-corrected chi connectivity index (χ0v) is 13.6. The molecule has 0 atom stereocenters. The second kappa shape index (κ2) is 15.3. The van der Waals surface area contributed by atoms with Crippen LogP contribution in [0.2, 0.25) is 0 Å². The Hall–Kier alpha value is -1.10. The average molecular weight is 301 g/mol. The Morgan fingerprint density at radius 2 is 1.19 bits per heavy atom. The third kappa shape index (κ3) is 15.1. The van der Waals surface area contributed by atoms with Crippen LogP contribution in [0.5, 0.6) is 0 Å². The molecule has 124 valence electrons. The van der Waals surface area contributed by atoms with Gasteiger partial charge >= 0.3 is 11.9 Å². The normalized spacial score (nSPS) is 10.4. The summed E-state index contributed by atoms with van der Waals surface area (Å²) in [4.78, 5) is 22.6. The Bertz CT molecular complexity index is 243. The maximum absolute atomic E-state index is 11.3. The van der Waals surface area contributed by atoms with Crippen LogP contribution < -0.4 is 5.32 Å². The van der Waals surface area contributed by atoms with Crippen molar-refractivity contribution in [2.75, 3.05) is 26.3 Å². The zero-order valence-electron chi connectivity index (χ0n) is 13.6. The molecule has 0 radical (unpaired) electrons. The number of rotatable bonds is 14. The summed E-state index contributed by atoms with van der Waals surface area (Å²) in [6.45, 7) is 6.13. The van der Waals surface area contributed by atoms with Gasteiger partial charge in [-0.1, -0.05) is 39.5 Å². The second-order valence-corrected chi connectivity index (χ2v) is 5.11. The Labute approximate surface area is 128 Å². The molecular formula is C16H31NO4. The van der Waals surface area contributed by atoms with Crippen molar-refractivity contribution < 1.29 is 19.1 Å². The summed E-state index contributed by atoms with van der Waals surface area (Å²) in [6.07, 6.45) is 7.14. The fourth-order valence-electron chi connectivity index (χ4n) is 1.78. The van der Waals surface area contributed by atoms with Gasteiger partial charge in [0.25, 0.3) is 0 Å². The lowest BCUT2D eigenvalue weighted by Gasteiger charge is -2.07. The molecule has 5 heteroatoms. The van der Waals surface area contributed by atoms with Gasteiger partial charge in [0.2, 0.25) is 0 Å². The van der Waals surface area contributed by atoms with Crippen molar-refractivity contribution in [2.24, 2.45) is 0 Å². The third-order valence-electron chi connectivity index (χ3n) is 3.05. The molecular weight excluding hydrogens is 270 g/mol. The molecule has 0 aromatic rings. The molecule has 0 rings (SSSR count). The van der Waals surface area contributed by atoms with Crippen molar-refractivity contribution in [1.29, 1.82) is 0 Å². The highest BCUT2D eigenvalue weighted by atomic mass is 16.5. The fourth-order valence-corrected chi connectivity index (χ4v) is 1.78. The molecule has 0 unspecified atom stereocenters. The number of hydrogen-bond donors (Lipinski definition) is 1. The van der Waals surface area contributed by atoms with Gasteiger partial charge < -0.3 is 14.8 Å². The minimum absolute atomic E-state index is 0.132. The van der Waals surface area contributed by atoms with Crippen molar-refractivity contribution in [2.45, 2.75) is 65.2 Å². The summed E-state index contributed by atoms with van der Waals surface area (Å²) in [5, 5.41) is 3.08. The van der Waals surface area contributed by atoms with Crippen LogP contribution in [-0.4, -0.2) is 38.2 Å². The molecule has 0 bridgehead atoms. The van der Waals surface area contributed by atoms with E-state index in [-0.39, 0.29) is 11.9 Å². The monoisotopic (exact) mass is 301 g/mol. The molecule has 0 aliphatic heterocycles. The van der Waals surface area contributed by atoms with Crippen LogP contribution in [-0.2, 0) is 19.1 Å². The number of hydrogen-bond acceptors (Lipinski definition) is 5. The molecule has 0 saturated heterocycles. The first-order valence-corrected chi connectivity index (χ1v) is 8.22. The first-order chi connectivity index (χ1) is 10.2. The van der Waals surface area contributed by atoms with E-state index in [9.17, 15) is 9.59 Å². The number of ether oxygens (including phenoxy) is 2. The largest absolute Gasteiger partial charge is 0.464 e. The van der Waals surface area contributed by atoms with Gasteiger partial charge in [-0.05, 0) is 12.8 Å². The molecule has 0 aliphatic rings. The third-order valence-corrected chi connectivity index (χ3v) is 3.05. The van der Waals surface area contributed by atoms with Crippen LogP contribution in [0.25, 0.3) is 0 Å². The predicted molar refractivity (Wildman–Crippen MR) is 83.1 cm³/mol. The number of unbranched alkanes of at least 4 members (excludes halogenated alkanes) is 4. The molecule has 0 aromatic carbocycles. The van der Waals surface area contributed by atoms with E-state index >= 15 is 0 Å². The molecule has 0 aromatic heterocycles. The van der Waals surface area contributed by atoms with Crippen LogP contribution in [0, 0.1) is 0 Å². The van der Waals surface area contributed by atoms with Gasteiger partial charge in [-0.25, -0.2) is 0 Å². The zero-order chi connectivity index (χ0) is 15.8. The van der Waals surface area contributed by atoms with E-state index < -0.39 is 0 Å². The summed E-state index contributed by atoms with van der Waals surface area (Å²) in [7, 11) is 0. The molecule has 0 amide bonds. The highest BCUT2D eigenvalue weighted by Crippen LogP contribution is 2.00. The minimum atomic E-state index is -0.132. The first kappa shape index (κ1) is 19.9. The van der Waals surface area contributed by atoms with Gasteiger partial charge in [0.05, 0.1) is 0 Å². The van der Waals surface area contributed by atoms with E-state index in [0.29, 0.717) is 39.1 Å². The summed E-state index contributed by atoms with van der Waals surface area (Å²) in [6, 6.07) is 0. The van der Waals surface area contributed by atoms with Crippen LogP contribution in [0.1, 0.15) is 65.2 Å². The van der Waals surface area contributed by atoms with E-state index in [1.807, 2.05) is 0 Å². The topological polar surface area (TPSA) is 64.6 Å². The molecule has 0 spiro atoms.